The molecule has 0 atom stereocenters. The lowest BCUT2D eigenvalue weighted by molar-refractivity contribution is 1.13. The van der Waals surface area contributed by atoms with Crippen LogP contribution >= 0.6 is 23.5 Å². The van der Waals surface area contributed by atoms with Crippen LogP contribution in [0.4, 0.5) is 17.1 Å². The number of aromatic nitrogens is 3. The standard InChI is InChI=1S/C34H19BN4S2/c1-2-6-20(7-3-1)38-26-8-4-10-28-32(26)35-33-27(38)9-5-11-29(33)41-31-17-21(16-30(40-28)34(31)35)39-24-12-14-36-18-22(24)23-19-37-15-13-25(23)39/h1-19H. The highest BCUT2D eigenvalue weighted by Crippen LogP contribution is 2.47. The number of hydrogen-bond acceptors (Lipinski definition) is 5. The maximum atomic E-state index is 4.43. The molecule has 4 aromatic carbocycles. The number of hydrogen-bond donors (Lipinski definition) is 0. The van der Waals surface area contributed by atoms with Gasteiger partial charge in [-0.25, -0.2) is 0 Å². The topological polar surface area (TPSA) is 34.0 Å². The molecule has 6 heterocycles. The van der Waals surface area contributed by atoms with Gasteiger partial charge in [-0.15, -0.1) is 0 Å². The molecule has 0 saturated carbocycles. The fraction of sp³-hybridized carbons (Fsp3) is 0. The molecule has 7 aromatic rings. The van der Waals surface area contributed by atoms with E-state index in [-0.39, 0.29) is 6.71 Å². The number of fused-ring (bicyclic) bond motifs is 3. The van der Waals surface area contributed by atoms with Crippen molar-refractivity contribution < 1.29 is 0 Å². The fourth-order valence-electron chi connectivity index (χ4n) is 7.02. The lowest BCUT2D eigenvalue weighted by Gasteiger charge is -2.43. The van der Waals surface area contributed by atoms with Gasteiger partial charge >= 0.3 is 0 Å². The highest BCUT2D eigenvalue weighted by molar-refractivity contribution is 8.01. The monoisotopic (exact) mass is 558 g/mol. The van der Waals surface area contributed by atoms with Gasteiger partial charge in [0.05, 0.1) is 11.0 Å². The Morgan fingerprint density at radius 2 is 1.12 bits per heavy atom. The third kappa shape index (κ3) is 2.89. The lowest BCUT2D eigenvalue weighted by atomic mass is 9.34. The highest BCUT2D eigenvalue weighted by Gasteiger charge is 2.45. The Labute approximate surface area is 245 Å². The molecule has 0 saturated heterocycles. The van der Waals surface area contributed by atoms with Crippen LogP contribution in [-0.2, 0) is 0 Å². The third-order valence-corrected chi connectivity index (χ3v) is 10.9. The quantitative estimate of drug-likeness (QED) is 0.218. The highest BCUT2D eigenvalue weighted by atomic mass is 32.2. The third-order valence-electron chi connectivity index (χ3n) is 8.60. The first kappa shape index (κ1) is 22.3. The minimum atomic E-state index is 0.223. The largest absolute Gasteiger partial charge is 0.311 e. The average molecular weight is 559 g/mol. The van der Waals surface area contributed by atoms with Crippen LogP contribution in [0.5, 0.6) is 0 Å². The summed E-state index contributed by atoms with van der Waals surface area (Å²) in [4.78, 5) is 16.7. The van der Waals surface area contributed by atoms with Crippen LogP contribution in [0.3, 0.4) is 0 Å². The van der Waals surface area contributed by atoms with Gasteiger partial charge in [-0.3, -0.25) is 9.97 Å². The van der Waals surface area contributed by atoms with Crippen LogP contribution in [-0.4, -0.2) is 21.2 Å². The van der Waals surface area contributed by atoms with Crippen molar-refractivity contribution in [2.75, 3.05) is 4.90 Å². The SMILES string of the molecule is c1ccc(N2c3cccc4c3B3c5c(cc(-n6c7ccncc7c7cnccc76)cc5Sc5cccc2c53)S4)cc1. The fourth-order valence-corrected chi connectivity index (χ4v) is 9.56. The van der Waals surface area contributed by atoms with Crippen molar-refractivity contribution >= 4 is 85.5 Å². The van der Waals surface area contributed by atoms with Crippen LogP contribution in [0.15, 0.2) is 135 Å². The van der Waals surface area contributed by atoms with E-state index in [2.05, 4.69) is 110 Å². The van der Waals surface area contributed by atoms with Crippen molar-refractivity contribution in [1.82, 2.24) is 14.5 Å². The van der Waals surface area contributed by atoms with Crippen molar-refractivity contribution in [3.05, 3.63) is 116 Å². The normalized spacial score (nSPS) is 14.0. The molecule has 10 rings (SSSR count). The molecule has 3 aromatic heterocycles. The molecule has 0 unspecified atom stereocenters. The Kier molecular flexibility index (Phi) is 4.38. The molecule has 3 aliphatic heterocycles. The average Bonchev–Trinajstić information content (AvgIpc) is 3.36. The first-order valence-corrected chi connectivity index (χ1v) is 15.3. The van der Waals surface area contributed by atoms with E-state index in [1.165, 1.54) is 58.7 Å². The van der Waals surface area contributed by atoms with Gasteiger partial charge in [-0.05, 0) is 77.1 Å². The van der Waals surface area contributed by atoms with Crippen LogP contribution in [0.25, 0.3) is 27.5 Å². The second-order valence-corrected chi connectivity index (χ2v) is 12.8. The van der Waals surface area contributed by atoms with Gasteiger partial charge in [0.25, 0.3) is 6.71 Å². The number of anilines is 3. The Morgan fingerprint density at radius 1 is 0.537 bits per heavy atom. The Bertz CT molecular complexity index is 2110. The summed E-state index contributed by atoms with van der Waals surface area (Å²) in [5.41, 5.74) is 11.5. The number of rotatable bonds is 2. The van der Waals surface area contributed by atoms with E-state index in [4.69, 9.17) is 0 Å². The molecular weight excluding hydrogens is 539 g/mol. The van der Waals surface area contributed by atoms with Gasteiger partial charge in [0.1, 0.15) is 0 Å². The van der Waals surface area contributed by atoms with Gasteiger partial charge in [-0.1, -0.05) is 53.9 Å². The molecule has 3 aliphatic rings. The van der Waals surface area contributed by atoms with Gasteiger partial charge in [0.15, 0.2) is 0 Å². The van der Waals surface area contributed by atoms with Crippen molar-refractivity contribution in [1.29, 1.82) is 0 Å². The zero-order chi connectivity index (χ0) is 26.7. The molecule has 0 aliphatic carbocycles. The number of benzene rings is 4. The molecule has 0 spiro atoms. The van der Waals surface area contributed by atoms with Crippen LogP contribution < -0.4 is 21.3 Å². The molecule has 0 radical (unpaired) electrons. The predicted molar refractivity (Wildman–Crippen MR) is 170 cm³/mol. The molecule has 0 fully saturated rings. The summed E-state index contributed by atoms with van der Waals surface area (Å²) in [6, 6.07) is 33.4. The molecule has 41 heavy (non-hydrogen) atoms. The summed E-state index contributed by atoms with van der Waals surface area (Å²) < 4.78 is 2.38. The summed E-state index contributed by atoms with van der Waals surface area (Å²) in [5, 5.41) is 2.25. The number of para-hydroxylation sites is 1. The van der Waals surface area contributed by atoms with E-state index >= 15 is 0 Å². The Hall–Kier alpha value is -4.46. The predicted octanol–water partition coefficient (Wildman–Crippen LogP) is 6.80. The van der Waals surface area contributed by atoms with E-state index in [0.717, 1.165) is 21.8 Å². The van der Waals surface area contributed by atoms with Crippen molar-refractivity contribution in [3.8, 4) is 5.69 Å². The Morgan fingerprint density at radius 3 is 1.71 bits per heavy atom. The van der Waals surface area contributed by atoms with E-state index in [0.29, 0.717) is 0 Å². The van der Waals surface area contributed by atoms with Crippen molar-refractivity contribution in [2.24, 2.45) is 0 Å². The van der Waals surface area contributed by atoms with Crippen LogP contribution in [0, 0.1) is 0 Å². The Balaban J connectivity index is 1.26. The smallest absolute Gasteiger partial charge is 0.252 e. The second-order valence-electron chi connectivity index (χ2n) is 10.7. The number of nitrogens with zero attached hydrogens (tertiary/aromatic N) is 4. The van der Waals surface area contributed by atoms with E-state index < -0.39 is 0 Å². The van der Waals surface area contributed by atoms with E-state index in [1.54, 1.807) is 0 Å². The molecular formula is C34H19BN4S2. The first-order valence-electron chi connectivity index (χ1n) is 13.7. The van der Waals surface area contributed by atoms with Gasteiger partial charge in [-0.2, -0.15) is 0 Å². The minimum absolute atomic E-state index is 0.223. The maximum absolute atomic E-state index is 4.43. The maximum Gasteiger partial charge on any atom is 0.252 e. The molecule has 0 N–H and O–H groups in total. The second kappa shape index (κ2) is 8.06. The van der Waals surface area contributed by atoms with Crippen LogP contribution in [0.2, 0.25) is 0 Å². The molecule has 0 bridgehead atoms. The van der Waals surface area contributed by atoms with Crippen molar-refractivity contribution in [3.63, 3.8) is 0 Å². The summed E-state index contributed by atoms with van der Waals surface area (Å²) in [5.74, 6) is 0. The van der Waals surface area contributed by atoms with E-state index in [1.807, 2.05) is 48.3 Å². The summed E-state index contributed by atoms with van der Waals surface area (Å²) in [7, 11) is 0. The van der Waals surface area contributed by atoms with Gasteiger partial charge in [0, 0.05) is 77.9 Å². The number of pyridine rings is 2. The lowest BCUT2D eigenvalue weighted by Crippen LogP contribution is -2.62. The van der Waals surface area contributed by atoms with E-state index in [9.17, 15) is 0 Å². The molecule has 4 nitrogen and oxygen atoms in total. The summed E-state index contributed by atoms with van der Waals surface area (Å²) in [6.45, 7) is 0.223. The molecule has 190 valence electrons. The van der Waals surface area contributed by atoms with Gasteiger partial charge < -0.3 is 9.47 Å². The van der Waals surface area contributed by atoms with Crippen molar-refractivity contribution in [2.45, 2.75) is 19.6 Å². The zero-order valence-electron chi connectivity index (χ0n) is 21.7. The first-order chi connectivity index (χ1) is 20.3. The summed E-state index contributed by atoms with van der Waals surface area (Å²) in [6.07, 6.45) is 7.68. The zero-order valence-corrected chi connectivity index (χ0v) is 23.3. The minimum Gasteiger partial charge on any atom is -0.311 e. The molecule has 0 amide bonds. The summed E-state index contributed by atoms with van der Waals surface area (Å²) >= 11 is 3.82. The van der Waals surface area contributed by atoms with Gasteiger partial charge in [0.2, 0.25) is 0 Å². The molecule has 7 heteroatoms. The van der Waals surface area contributed by atoms with Crippen LogP contribution in [0.1, 0.15) is 0 Å².